The Balaban J connectivity index is 1.61. The predicted molar refractivity (Wildman–Crippen MR) is 122 cm³/mol. The van der Waals surface area contributed by atoms with E-state index in [4.69, 9.17) is 16.3 Å². The van der Waals surface area contributed by atoms with E-state index in [1.54, 1.807) is 49.6 Å². The van der Waals surface area contributed by atoms with Crippen LogP contribution in [0.5, 0.6) is 5.75 Å². The van der Waals surface area contributed by atoms with Crippen molar-refractivity contribution in [3.63, 3.8) is 0 Å². The molecule has 1 aliphatic heterocycles. The Labute approximate surface area is 188 Å². The number of carbonyl (C=O) groups is 2. The van der Waals surface area contributed by atoms with Crippen molar-refractivity contribution in [2.45, 2.75) is 19.3 Å². The van der Waals surface area contributed by atoms with Crippen LogP contribution >= 0.6 is 11.6 Å². The van der Waals surface area contributed by atoms with Gasteiger partial charge < -0.3 is 20.7 Å². The zero-order valence-corrected chi connectivity index (χ0v) is 18.0. The van der Waals surface area contributed by atoms with E-state index in [0.717, 1.165) is 5.56 Å². The van der Waals surface area contributed by atoms with Gasteiger partial charge in [0.25, 0.3) is 5.56 Å². The molecule has 1 unspecified atom stereocenters. The maximum atomic E-state index is 12.9. The van der Waals surface area contributed by atoms with Gasteiger partial charge in [0.15, 0.2) is 0 Å². The lowest BCUT2D eigenvalue weighted by Gasteiger charge is -2.23. The molecular formula is C22H20ClN5O4. The first-order valence-electron chi connectivity index (χ1n) is 9.76. The number of halogens is 1. The molecule has 9 nitrogen and oxygen atoms in total. The van der Waals surface area contributed by atoms with Crippen molar-refractivity contribution >= 4 is 46.6 Å². The molecule has 0 saturated carbocycles. The summed E-state index contributed by atoms with van der Waals surface area (Å²) < 4.78 is 5.12. The average molecular weight is 454 g/mol. The molecule has 4 rings (SSSR count). The minimum atomic E-state index is -0.995. The van der Waals surface area contributed by atoms with Crippen LogP contribution in [-0.2, 0) is 9.59 Å². The highest BCUT2D eigenvalue weighted by atomic mass is 35.5. The number of H-pyrrole nitrogens is 1. The lowest BCUT2D eigenvalue weighted by atomic mass is 9.92. The largest absolute Gasteiger partial charge is 0.497 e. The molecule has 0 bridgehead atoms. The molecule has 1 atom stereocenters. The number of hydrogen-bond donors (Lipinski definition) is 4. The number of anilines is 4. The van der Waals surface area contributed by atoms with Gasteiger partial charge in [-0.05, 0) is 48.9 Å². The van der Waals surface area contributed by atoms with Crippen LogP contribution < -0.4 is 26.2 Å². The zero-order valence-electron chi connectivity index (χ0n) is 17.3. The van der Waals surface area contributed by atoms with Crippen LogP contribution in [0.15, 0.2) is 47.3 Å². The van der Waals surface area contributed by atoms with Gasteiger partial charge in [-0.15, -0.1) is 0 Å². The van der Waals surface area contributed by atoms with Gasteiger partial charge in [-0.1, -0.05) is 17.7 Å². The third kappa shape index (κ3) is 4.42. The maximum absolute atomic E-state index is 12.9. The molecule has 0 radical (unpaired) electrons. The standard InChI is InChI=1S/C22H20ClN5O4/c1-11-3-4-13(9-16(11)23)24-20(30)15-10-17(29)26-19-18(15)21(31)28-22(27-19)25-12-5-7-14(32-2)8-6-12/h3-9,15H,10H2,1-2H3,(H,24,30)(H3,25,26,27,28,29,31). The number of nitrogens with zero attached hydrogens (tertiary/aromatic N) is 1. The van der Waals surface area contributed by atoms with Crippen LogP contribution in [-0.4, -0.2) is 28.9 Å². The molecule has 0 spiro atoms. The van der Waals surface area contributed by atoms with E-state index < -0.39 is 23.3 Å². The van der Waals surface area contributed by atoms with Gasteiger partial charge in [0.1, 0.15) is 11.6 Å². The number of aromatic nitrogens is 2. The van der Waals surface area contributed by atoms with Crippen LogP contribution in [0.4, 0.5) is 23.1 Å². The third-order valence-corrected chi connectivity index (χ3v) is 5.47. The quantitative estimate of drug-likeness (QED) is 0.468. The molecule has 0 aliphatic carbocycles. The number of fused-ring (bicyclic) bond motifs is 1. The predicted octanol–water partition coefficient (Wildman–Crippen LogP) is 3.55. The number of rotatable bonds is 5. The van der Waals surface area contributed by atoms with Gasteiger partial charge in [-0.3, -0.25) is 19.4 Å². The fourth-order valence-corrected chi connectivity index (χ4v) is 3.55. The zero-order chi connectivity index (χ0) is 22.8. The highest BCUT2D eigenvalue weighted by Gasteiger charge is 2.34. The average Bonchev–Trinajstić information content (AvgIpc) is 2.76. The first-order valence-corrected chi connectivity index (χ1v) is 10.1. The van der Waals surface area contributed by atoms with Crippen LogP contribution in [0.1, 0.15) is 23.5 Å². The molecule has 3 aromatic rings. The minimum Gasteiger partial charge on any atom is -0.497 e. The number of hydrogen-bond acceptors (Lipinski definition) is 6. The first-order chi connectivity index (χ1) is 15.3. The van der Waals surface area contributed by atoms with Crippen LogP contribution in [0.3, 0.4) is 0 Å². The molecule has 164 valence electrons. The minimum absolute atomic E-state index is 0.0445. The van der Waals surface area contributed by atoms with E-state index in [-0.39, 0.29) is 23.8 Å². The monoisotopic (exact) mass is 453 g/mol. The number of methoxy groups -OCH3 is 1. The second-order valence-electron chi connectivity index (χ2n) is 7.29. The van der Waals surface area contributed by atoms with Crippen LogP contribution in [0.25, 0.3) is 0 Å². The SMILES string of the molecule is COc1ccc(Nc2nc3c(c(=O)[nH]2)C(C(=O)Nc2ccc(C)c(Cl)c2)CC(=O)N3)cc1. The van der Waals surface area contributed by atoms with Gasteiger partial charge in [-0.25, -0.2) is 0 Å². The molecule has 2 amide bonds. The number of ether oxygens (including phenoxy) is 1. The molecule has 2 heterocycles. The summed E-state index contributed by atoms with van der Waals surface area (Å²) in [6.45, 7) is 1.85. The van der Waals surface area contributed by atoms with Gasteiger partial charge in [0, 0.05) is 22.8 Å². The smallest absolute Gasteiger partial charge is 0.258 e. The Morgan fingerprint density at radius 1 is 1.16 bits per heavy atom. The summed E-state index contributed by atoms with van der Waals surface area (Å²) in [7, 11) is 1.56. The fourth-order valence-electron chi connectivity index (χ4n) is 3.37. The van der Waals surface area contributed by atoms with Crippen molar-refractivity contribution in [1.29, 1.82) is 0 Å². The summed E-state index contributed by atoms with van der Waals surface area (Å²) in [6.07, 6.45) is -0.172. The van der Waals surface area contributed by atoms with E-state index in [9.17, 15) is 14.4 Å². The fraction of sp³-hybridized carbons (Fsp3) is 0.182. The number of aryl methyl sites for hydroxylation is 1. The molecule has 32 heavy (non-hydrogen) atoms. The van der Waals surface area contributed by atoms with Crippen molar-refractivity contribution in [1.82, 2.24) is 9.97 Å². The summed E-state index contributed by atoms with van der Waals surface area (Å²) in [4.78, 5) is 44.9. The highest BCUT2D eigenvalue weighted by Crippen LogP contribution is 2.31. The highest BCUT2D eigenvalue weighted by molar-refractivity contribution is 6.31. The van der Waals surface area contributed by atoms with Gasteiger partial charge in [0.05, 0.1) is 18.6 Å². The van der Waals surface area contributed by atoms with Crippen LogP contribution in [0, 0.1) is 6.92 Å². The molecular weight excluding hydrogens is 434 g/mol. The normalized spacial score (nSPS) is 14.8. The summed E-state index contributed by atoms with van der Waals surface area (Å²) in [6, 6.07) is 12.1. The number of carbonyl (C=O) groups excluding carboxylic acids is 2. The Bertz CT molecular complexity index is 1260. The summed E-state index contributed by atoms with van der Waals surface area (Å²) in [5.41, 5.74) is 1.57. The van der Waals surface area contributed by atoms with Crippen molar-refractivity contribution in [2.75, 3.05) is 23.1 Å². The maximum Gasteiger partial charge on any atom is 0.258 e. The molecule has 1 aromatic heterocycles. The molecule has 1 aliphatic rings. The van der Waals surface area contributed by atoms with E-state index in [1.165, 1.54) is 0 Å². The van der Waals surface area contributed by atoms with Crippen molar-refractivity contribution in [3.05, 3.63) is 69.0 Å². The van der Waals surface area contributed by atoms with E-state index >= 15 is 0 Å². The van der Waals surface area contributed by atoms with E-state index in [0.29, 0.717) is 22.1 Å². The lowest BCUT2D eigenvalue weighted by molar-refractivity contribution is -0.123. The Morgan fingerprint density at radius 2 is 1.88 bits per heavy atom. The number of amides is 2. The second kappa shape index (κ2) is 8.72. The Hall–Kier alpha value is -3.85. The van der Waals surface area contributed by atoms with Gasteiger partial charge >= 0.3 is 0 Å². The Kier molecular flexibility index (Phi) is 5.83. The number of nitrogens with one attached hydrogen (secondary N) is 4. The first kappa shape index (κ1) is 21.4. The lowest BCUT2D eigenvalue weighted by Crippen LogP contribution is -2.36. The van der Waals surface area contributed by atoms with Gasteiger partial charge in [0.2, 0.25) is 17.8 Å². The number of aromatic amines is 1. The second-order valence-corrected chi connectivity index (χ2v) is 7.70. The molecule has 0 saturated heterocycles. The Morgan fingerprint density at radius 3 is 2.56 bits per heavy atom. The molecule has 10 heteroatoms. The summed E-state index contributed by atoms with van der Waals surface area (Å²) in [5.74, 6) is -1.05. The topological polar surface area (TPSA) is 125 Å². The van der Waals surface area contributed by atoms with Crippen molar-refractivity contribution in [3.8, 4) is 5.75 Å². The van der Waals surface area contributed by atoms with Gasteiger partial charge in [-0.2, -0.15) is 4.98 Å². The van der Waals surface area contributed by atoms with Crippen LogP contribution in [0.2, 0.25) is 5.02 Å². The number of benzene rings is 2. The van der Waals surface area contributed by atoms with Crippen molar-refractivity contribution < 1.29 is 14.3 Å². The summed E-state index contributed by atoms with van der Waals surface area (Å²) >= 11 is 6.12. The molecule has 0 fully saturated rings. The molecule has 2 aromatic carbocycles. The summed E-state index contributed by atoms with van der Waals surface area (Å²) in [5, 5.41) is 8.77. The molecule has 4 N–H and O–H groups in total. The van der Waals surface area contributed by atoms with Crippen molar-refractivity contribution in [2.24, 2.45) is 0 Å². The van der Waals surface area contributed by atoms with E-state index in [2.05, 4.69) is 25.9 Å². The van der Waals surface area contributed by atoms with E-state index in [1.807, 2.05) is 6.92 Å². The third-order valence-electron chi connectivity index (χ3n) is 5.06.